The molecule has 0 amide bonds. The van der Waals surface area contributed by atoms with Crippen LogP contribution in [0, 0.1) is 0 Å². The molecule has 1 fully saturated rings. The van der Waals surface area contributed by atoms with Crippen molar-refractivity contribution >= 4 is 34.7 Å². The largest absolute Gasteiger partial charge is 0.368 e. The van der Waals surface area contributed by atoms with Crippen LogP contribution in [-0.2, 0) is 7.05 Å². The van der Waals surface area contributed by atoms with Crippen LogP contribution in [0.5, 0.6) is 0 Å². The summed E-state index contributed by atoms with van der Waals surface area (Å²) in [7, 11) is 1.93. The summed E-state index contributed by atoms with van der Waals surface area (Å²) in [6.07, 6.45) is 3.37. The van der Waals surface area contributed by atoms with Crippen LogP contribution in [0.4, 0.5) is 11.5 Å². The molecule has 3 heterocycles. The number of anilines is 2. The molecule has 1 aromatic rings. The van der Waals surface area contributed by atoms with E-state index in [0.717, 1.165) is 49.2 Å². The highest BCUT2D eigenvalue weighted by atomic mass is 35.5. The molecule has 6 nitrogen and oxygen atoms in total. The lowest BCUT2D eigenvalue weighted by Crippen LogP contribution is -2.47. The molecule has 3 aliphatic heterocycles. The Labute approximate surface area is 150 Å². The van der Waals surface area contributed by atoms with E-state index < -0.39 is 0 Å². The van der Waals surface area contributed by atoms with E-state index in [2.05, 4.69) is 24.8 Å². The van der Waals surface area contributed by atoms with Gasteiger partial charge in [0.05, 0.1) is 16.4 Å². The average molecular weight is 363 g/mol. The number of halogens is 2. The highest BCUT2D eigenvalue weighted by Crippen LogP contribution is 2.30. The molecule has 1 aromatic carbocycles. The Morgan fingerprint density at radius 3 is 2.42 bits per heavy atom. The van der Waals surface area contributed by atoms with E-state index >= 15 is 0 Å². The summed E-state index contributed by atoms with van der Waals surface area (Å²) in [6.45, 7) is 3.50. The minimum atomic E-state index is 0.581. The van der Waals surface area contributed by atoms with Crippen molar-refractivity contribution in [3.63, 3.8) is 0 Å². The first-order valence-electron chi connectivity index (χ1n) is 7.70. The first kappa shape index (κ1) is 15.5. The number of nitrogens with zero attached hydrogens (tertiary/aromatic N) is 6. The van der Waals surface area contributed by atoms with Gasteiger partial charge in [-0.3, -0.25) is 0 Å². The Hall–Kier alpha value is -2.05. The Bertz CT molecular complexity index is 841. The quantitative estimate of drug-likeness (QED) is 0.701. The number of hydrogen-bond acceptors (Lipinski definition) is 5. The molecule has 8 heteroatoms. The summed E-state index contributed by atoms with van der Waals surface area (Å²) < 4.78 is 1.89. The number of aromatic nitrogens is 4. The summed E-state index contributed by atoms with van der Waals surface area (Å²) in [4.78, 5) is 17.8. The third-order valence-corrected chi connectivity index (χ3v) is 5.06. The van der Waals surface area contributed by atoms with Crippen molar-refractivity contribution in [1.82, 2.24) is 19.5 Å². The van der Waals surface area contributed by atoms with Gasteiger partial charge in [-0.1, -0.05) is 23.2 Å². The molecule has 1 saturated heterocycles. The van der Waals surface area contributed by atoms with Gasteiger partial charge < -0.3 is 14.4 Å². The maximum Gasteiger partial charge on any atom is 0.165 e. The fourth-order valence-corrected chi connectivity index (χ4v) is 3.32. The summed E-state index contributed by atoms with van der Waals surface area (Å²) in [6, 6.07) is 5.76. The monoisotopic (exact) mass is 362 g/mol. The second kappa shape index (κ2) is 6.11. The fraction of sp³-hybridized carbons (Fsp3) is 0.312. The molecule has 0 radical (unpaired) electrons. The van der Waals surface area contributed by atoms with Crippen LogP contribution in [0.15, 0.2) is 30.9 Å². The number of fused-ring (bicyclic) bond motifs is 1. The van der Waals surface area contributed by atoms with Crippen LogP contribution < -0.4 is 9.80 Å². The van der Waals surface area contributed by atoms with Gasteiger partial charge in [0, 0.05) is 38.9 Å². The maximum atomic E-state index is 6.13. The van der Waals surface area contributed by atoms with Crippen LogP contribution >= 0.6 is 23.2 Å². The normalized spacial score (nSPS) is 15.3. The van der Waals surface area contributed by atoms with Gasteiger partial charge in [-0.05, 0) is 18.2 Å². The van der Waals surface area contributed by atoms with Crippen molar-refractivity contribution in [2.24, 2.45) is 7.05 Å². The summed E-state index contributed by atoms with van der Waals surface area (Å²) in [5, 5.41) is 1.17. The molecule has 0 unspecified atom stereocenters. The molecular formula is C16H16Cl2N6. The van der Waals surface area contributed by atoms with E-state index in [1.165, 1.54) is 0 Å². The molecule has 0 spiro atoms. The summed E-state index contributed by atoms with van der Waals surface area (Å²) in [5.74, 6) is 1.75. The van der Waals surface area contributed by atoms with Crippen molar-refractivity contribution in [2.45, 2.75) is 0 Å². The lowest BCUT2D eigenvalue weighted by molar-refractivity contribution is 0.644. The maximum absolute atomic E-state index is 6.13. The lowest BCUT2D eigenvalue weighted by Gasteiger charge is -2.37. The van der Waals surface area contributed by atoms with Gasteiger partial charge in [-0.15, -0.1) is 0 Å². The second-order valence-electron chi connectivity index (χ2n) is 5.80. The van der Waals surface area contributed by atoms with E-state index in [1.807, 2.05) is 29.8 Å². The molecule has 24 heavy (non-hydrogen) atoms. The number of piperazine rings is 1. The Morgan fingerprint density at radius 2 is 1.67 bits per heavy atom. The van der Waals surface area contributed by atoms with Crippen molar-refractivity contribution < 1.29 is 0 Å². The second-order valence-corrected chi connectivity index (χ2v) is 6.61. The van der Waals surface area contributed by atoms with Gasteiger partial charge in [-0.25, -0.2) is 15.0 Å². The molecule has 0 bridgehead atoms. The lowest BCUT2D eigenvalue weighted by atomic mass is 10.2. The Kier molecular flexibility index (Phi) is 3.94. The number of aryl methyl sites for hydroxylation is 1. The third kappa shape index (κ3) is 2.65. The molecule has 0 atom stereocenters. The third-order valence-electron chi connectivity index (χ3n) is 4.33. The first-order chi connectivity index (χ1) is 11.6. The zero-order valence-corrected chi connectivity index (χ0v) is 14.7. The van der Waals surface area contributed by atoms with Crippen molar-refractivity contribution in [1.29, 1.82) is 0 Å². The van der Waals surface area contributed by atoms with Crippen LogP contribution in [0.25, 0.3) is 11.5 Å². The van der Waals surface area contributed by atoms with Crippen LogP contribution in [0.2, 0.25) is 10.0 Å². The molecule has 0 saturated carbocycles. The topological polar surface area (TPSA) is 50.1 Å². The average Bonchev–Trinajstić information content (AvgIpc) is 3.09. The highest BCUT2D eigenvalue weighted by molar-refractivity contribution is 6.42. The molecule has 3 aliphatic rings. The SMILES string of the molecule is Cn1cnc(N2CCN(c3ccc(Cl)c(Cl)c3)CC2)c2ncnc1-2. The number of imidazole rings is 1. The van der Waals surface area contributed by atoms with Gasteiger partial charge in [0.15, 0.2) is 17.3 Å². The minimum absolute atomic E-state index is 0.581. The van der Waals surface area contributed by atoms with Crippen LogP contribution in [-0.4, -0.2) is 45.7 Å². The summed E-state index contributed by atoms with van der Waals surface area (Å²) >= 11 is 12.1. The minimum Gasteiger partial charge on any atom is -0.368 e. The number of rotatable bonds is 2. The van der Waals surface area contributed by atoms with E-state index in [1.54, 1.807) is 12.7 Å². The molecule has 0 N–H and O–H groups in total. The van der Waals surface area contributed by atoms with Gasteiger partial charge >= 0.3 is 0 Å². The van der Waals surface area contributed by atoms with E-state index in [-0.39, 0.29) is 0 Å². The Balaban J connectivity index is 1.52. The highest BCUT2D eigenvalue weighted by Gasteiger charge is 2.24. The van der Waals surface area contributed by atoms with Gasteiger partial charge in [0.2, 0.25) is 0 Å². The van der Waals surface area contributed by atoms with Gasteiger partial charge in [0.25, 0.3) is 0 Å². The zero-order valence-electron chi connectivity index (χ0n) is 13.2. The molecule has 4 rings (SSSR count). The molecular weight excluding hydrogens is 347 g/mol. The van der Waals surface area contributed by atoms with Crippen molar-refractivity contribution in [3.8, 4) is 11.5 Å². The zero-order chi connectivity index (χ0) is 16.7. The molecule has 124 valence electrons. The number of benzene rings is 1. The molecule has 0 aliphatic carbocycles. The first-order valence-corrected chi connectivity index (χ1v) is 8.46. The van der Waals surface area contributed by atoms with Crippen LogP contribution in [0.3, 0.4) is 0 Å². The van der Waals surface area contributed by atoms with E-state index in [0.29, 0.717) is 10.0 Å². The fourth-order valence-electron chi connectivity index (χ4n) is 3.02. The Morgan fingerprint density at radius 1 is 0.917 bits per heavy atom. The standard InChI is InChI=1S/C16H16Cl2N6/c1-22-10-21-16(14-15(22)20-9-19-14)24-6-4-23(5-7-24)11-2-3-12(17)13(18)8-11/h2-3,8-10H,4-7H2,1H3. The molecule has 0 aromatic heterocycles. The van der Waals surface area contributed by atoms with Gasteiger partial charge in [0.1, 0.15) is 6.33 Å². The predicted octanol–water partition coefficient (Wildman–Crippen LogP) is 2.95. The van der Waals surface area contributed by atoms with Crippen molar-refractivity contribution in [2.75, 3.05) is 36.0 Å². The van der Waals surface area contributed by atoms with Crippen molar-refractivity contribution in [3.05, 3.63) is 40.9 Å². The predicted molar refractivity (Wildman–Crippen MR) is 96.3 cm³/mol. The van der Waals surface area contributed by atoms with E-state index in [9.17, 15) is 0 Å². The smallest absolute Gasteiger partial charge is 0.165 e. The number of hydrogen-bond donors (Lipinski definition) is 0. The van der Waals surface area contributed by atoms with Gasteiger partial charge in [-0.2, -0.15) is 0 Å². The summed E-state index contributed by atoms with van der Waals surface area (Å²) in [5.41, 5.74) is 1.94. The van der Waals surface area contributed by atoms with E-state index in [4.69, 9.17) is 23.2 Å². The van der Waals surface area contributed by atoms with Crippen LogP contribution in [0.1, 0.15) is 0 Å².